The van der Waals surface area contributed by atoms with Gasteiger partial charge in [-0.2, -0.15) is 4.98 Å². The van der Waals surface area contributed by atoms with Crippen LogP contribution in [0.1, 0.15) is 101 Å². The molecule has 1 aliphatic heterocycles. The van der Waals surface area contributed by atoms with E-state index in [-0.39, 0.29) is 18.1 Å². The number of carbonyl (C=O) groups is 1. The molecule has 2 fully saturated rings. The van der Waals surface area contributed by atoms with Gasteiger partial charge in [0.05, 0.1) is 12.1 Å². The van der Waals surface area contributed by atoms with Gasteiger partial charge in [-0.05, 0) is 100.0 Å². The fourth-order valence-corrected chi connectivity index (χ4v) is 7.46. The summed E-state index contributed by atoms with van der Waals surface area (Å²) >= 11 is 0. The van der Waals surface area contributed by atoms with Crippen molar-refractivity contribution in [2.75, 3.05) is 18.4 Å². The molecule has 0 spiro atoms. The number of aliphatic hydroxyl groups is 1. The molecule has 1 aromatic carbocycles. The molecule has 42 heavy (non-hydrogen) atoms. The van der Waals surface area contributed by atoms with Crippen LogP contribution >= 0.6 is 0 Å². The van der Waals surface area contributed by atoms with Gasteiger partial charge in [-0.1, -0.05) is 24.3 Å². The van der Waals surface area contributed by atoms with Crippen LogP contribution in [0.25, 0.3) is 11.0 Å². The first-order valence-electron chi connectivity index (χ1n) is 15.6. The van der Waals surface area contributed by atoms with Crippen LogP contribution in [0.5, 0.6) is 0 Å². The third-order valence-electron chi connectivity index (χ3n) is 9.65. The summed E-state index contributed by atoms with van der Waals surface area (Å²) in [5, 5.41) is 14.9. The lowest BCUT2D eigenvalue weighted by Gasteiger charge is -2.32. The van der Waals surface area contributed by atoms with Gasteiger partial charge < -0.3 is 19.9 Å². The van der Waals surface area contributed by atoms with Gasteiger partial charge in [0.2, 0.25) is 5.95 Å². The monoisotopic (exact) mass is 564 g/mol. The van der Waals surface area contributed by atoms with E-state index in [0.29, 0.717) is 17.9 Å². The minimum Gasteiger partial charge on any atom is -0.393 e. The highest BCUT2D eigenvalue weighted by atomic mass is 16.3. The maximum atomic E-state index is 13.3. The molecule has 1 saturated carbocycles. The molecule has 4 aromatic rings. The standard InChI is InChI=1S/C34H40N6O2/c1-21-17-25(18-22(2)36-21)33(42)39-15-13-24(14-16-39)30-20-40(26-8-10-27(41)11-9-26)32-29(30)19-35-34(38-32)37-31-12-7-23-5-3-4-6-28(23)31/h3-6,17-20,24,26-27,31,41H,7-16H2,1-2H3,(H,35,37,38)/t26?,27?,31-/m1/s1. The van der Waals surface area contributed by atoms with Gasteiger partial charge in [0.25, 0.3) is 5.91 Å². The molecule has 8 nitrogen and oxygen atoms in total. The number of carbonyl (C=O) groups excluding carboxylic acids is 1. The smallest absolute Gasteiger partial charge is 0.253 e. The number of anilines is 1. The first-order chi connectivity index (χ1) is 20.4. The Hall–Kier alpha value is -3.78. The molecule has 2 aliphatic carbocycles. The summed E-state index contributed by atoms with van der Waals surface area (Å²) in [7, 11) is 0. The average Bonchev–Trinajstić information content (AvgIpc) is 3.58. The van der Waals surface area contributed by atoms with E-state index in [1.807, 2.05) is 37.1 Å². The van der Waals surface area contributed by atoms with Crippen molar-refractivity contribution in [3.8, 4) is 0 Å². The van der Waals surface area contributed by atoms with Crippen LogP contribution in [-0.4, -0.2) is 54.6 Å². The Kier molecular flexibility index (Phi) is 7.18. The molecular formula is C34H40N6O2. The van der Waals surface area contributed by atoms with Crippen molar-refractivity contribution in [2.24, 2.45) is 0 Å². The van der Waals surface area contributed by atoms with E-state index in [2.05, 4.69) is 45.3 Å². The zero-order valence-electron chi connectivity index (χ0n) is 24.6. The zero-order chi connectivity index (χ0) is 28.8. The third-order valence-corrected chi connectivity index (χ3v) is 9.65. The predicted octanol–water partition coefficient (Wildman–Crippen LogP) is 6.04. The van der Waals surface area contributed by atoms with Gasteiger partial charge in [-0.15, -0.1) is 0 Å². The van der Waals surface area contributed by atoms with E-state index in [0.717, 1.165) is 92.4 Å². The summed E-state index contributed by atoms with van der Waals surface area (Å²) in [5.74, 6) is 1.11. The minimum atomic E-state index is -0.202. The number of rotatable bonds is 5. The summed E-state index contributed by atoms with van der Waals surface area (Å²) in [6.07, 6.45) is 11.6. The minimum absolute atomic E-state index is 0.0952. The Bertz CT molecular complexity index is 1590. The summed E-state index contributed by atoms with van der Waals surface area (Å²) in [5.41, 5.74) is 7.50. The topological polar surface area (TPSA) is 96.2 Å². The maximum absolute atomic E-state index is 13.3. The van der Waals surface area contributed by atoms with E-state index in [9.17, 15) is 9.90 Å². The zero-order valence-corrected chi connectivity index (χ0v) is 24.6. The van der Waals surface area contributed by atoms with Crippen molar-refractivity contribution in [1.82, 2.24) is 24.4 Å². The van der Waals surface area contributed by atoms with Crippen LogP contribution in [0.15, 0.2) is 48.8 Å². The Morgan fingerprint density at radius 3 is 2.43 bits per heavy atom. The summed E-state index contributed by atoms with van der Waals surface area (Å²) < 4.78 is 2.37. The average molecular weight is 565 g/mol. The van der Waals surface area contributed by atoms with Gasteiger partial charge >= 0.3 is 0 Å². The number of fused-ring (bicyclic) bond motifs is 2. The Morgan fingerprint density at radius 1 is 0.929 bits per heavy atom. The first kappa shape index (κ1) is 27.1. The molecule has 3 aromatic heterocycles. The number of nitrogens with zero attached hydrogens (tertiary/aromatic N) is 5. The van der Waals surface area contributed by atoms with E-state index in [1.54, 1.807) is 0 Å². The van der Waals surface area contributed by atoms with E-state index < -0.39 is 0 Å². The molecule has 218 valence electrons. The van der Waals surface area contributed by atoms with Gasteiger partial charge in [0, 0.05) is 53.9 Å². The molecule has 7 rings (SSSR count). The highest BCUT2D eigenvalue weighted by molar-refractivity contribution is 5.94. The molecule has 1 saturated heterocycles. The Labute approximate surface area is 247 Å². The normalized spacial score (nSPS) is 22.8. The van der Waals surface area contributed by atoms with Crippen LogP contribution in [0, 0.1) is 13.8 Å². The Balaban J connectivity index is 1.15. The summed E-state index contributed by atoms with van der Waals surface area (Å²) in [6, 6.07) is 13.0. The second-order valence-electron chi connectivity index (χ2n) is 12.5. The molecule has 1 amide bonds. The number of amides is 1. The van der Waals surface area contributed by atoms with Crippen molar-refractivity contribution < 1.29 is 9.90 Å². The van der Waals surface area contributed by atoms with Crippen molar-refractivity contribution >= 4 is 22.9 Å². The number of aromatic nitrogens is 4. The molecule has 0 bridgehead atoms. The van der Waals surface area contributed by atoms with Crippen molar-refractivity contribution in [1.29, 1.82) is 0 Å². The van der Waals surface area contributed by atoms with Crippen LogP contribution < -0.4 is 5.32 Å². The van der Waals surface area contributed by atoms with Gasteiger partial charge in [-0.3, -0.25) is 9.78 Å². The number of nitrogens with one attached hydrogen (secondary N) is 1. The number of hydrogen-bond donors (Lipinski definition) is 2. The van der Waals surface area contributed by atoms with E-state index in [4.69, 9.17) is 9.97 Å². The molecule has 2 N–H and O–H groups in total. The number of hydrogen-bond acceptors (Lipinski definition) is 6. The number of aryl methyl sites for hydroxylation is 3. The summed E-state index contributed by atoms with van der Waals surface area (Å²) in [4.78, 5) is 29.7. The Morgan fingerprint density at radius 2 is 1.67 bits per heavy atom. The van der Waals surface area contributed by atoms with Gasteiger partial charge in [-0.25, -0.2) is 4.98 Å². The fourth-order valence-electron chi connectivity index (χ4n) is 7.46. The first-order valence-corrected chi connectivity index (χ1v) is 15.6. The number of likely N-dealkylation sites (tertiary alicyclic amines) is 1. The lowest BCUT2D eigenvalue weighted by Crippen LogP contribution is -2.38. The number of aliphatic hydroxyl groups excluding tert-OH is 1. The fraction of sp³-hybridized carbons (Fsp3) is 0.471. The quantitative estimate of drug-likeness (QED) is 0.307. The second-order valence-corrected chi connectivity index (χ2v) is 12.5. The van der Waals surface area contributed by atoms with Crippen molar-refractivity contribution in [2.45, 2.75) is 89.3 Å². The van der Waals surface area contributed by atoms with Crippen molar-refractivity contribution in [3.63, 3.8) is 0 Å². The van der Waals surface area contributed by atoms with Gasteiger partial charge in [0.15, 0.2) is 0 Å². The van der Waals surface area contributed by atoms with Crippen molar-refractivity contribution in [3.05, 3.63) is 82.4 Å². The molecule has 8 heteroatoms. The summed E-state index contributed by atoms with van der Waals surface area (Å²) in [6.45, 7) is 5.34. The number of pyridine rings is 1. The van der Waals surface area contributed by atoms with Crippen LogP contribution in [0.2, 0.25) is 0 Å². The second kappa shape index (κ2) is 11.1. The van der Waals surface area contributed by atoms with Gasteiger partial charge in [0.1, 0.15) is 5.65 Å². The maximum Gasteiger partial charge on any atom is 0.253 e. The lowest BCUT2D eigenvalue weighted by atomic mass is 9.89. The van der Waals surface area contributed by atoms with E-state index in [1.165, 1.54) is 16.7 Å². The lowest BCUT2D eigenvalue weighted by molar-refractivity contribution is 0.0712. The van der Waals surface area contributed by atoms with Crippen LogP contribution in [0.4, 0.5) is 5.95 Å². The molecular weight excluding hydrogens is 524 g/mol. The third kappa shape index (κ3) is 5.17. The SMILES string of the molecule is Cc1cc(C(=O)N2CCC(c3cn(C4CCC(O)CC4)c4nc(N[C@@H]5CCc6ccccc65)ncc34)CC2)cc(C)n1. The largest absolute Gasteiger partial charge is 0.393 e. The molecule has 0 radical (unpaired) electrons. The molecule has 1 atom stereocenters. The molecule has 4 heterocycles. The molecule has 3 aliphatic rings. The molecule has 0 unspecified atom stereocenters. The highest BCUT2D eigenvalue weighted by Gasteiger charge is 2.30. The van der Waals surface area contributed by atoms with E-state index >= 15 is 0 Å². The van der Waals surface area contributed by atoms with Crippen LogP contribution in [0.3, 0.4) is 0 Å². The predicted molar refractivity (Wildman–Crippen MR) is 164 cm³/mol. The number of piperidine rings is 1. The number of benzene rings is 1. The highest BCUT2D eigenvalue weighted by Crippen LogP contribution is 2.39. The van der Waals surface area contributed by atoms with Crippen LogP contribution in [-0.2, 0) is 6.42 Å².